The number of hydrogen-bond donors (Lipinski definition) is 0. The van der Waals surface area contributed by atoms with E-state index in [0.717, 1.165) is 11.3 Å². The van der Waals surface area contributed by atoms with Gasteiger partial charge in [0, 0.05) is 16.0 Å². The third kappa shape index (κ3) is 4.72. The van der Waals surface area contributed by atoms with Gasteiger partial charge in [-0.15, -0.1) is 22.0 Å². The second-order valence-electron chi connectivity index (χ2n) is 7.35. The van der Waals surface area contributed by atoms with Crippen molar-refractivity contribution in [2.24, 2.45) is 0 Å². The van der Waals surface area contributed by atoms with Crippen molar-refractivity contribution >= 4 is 34.3 Å². The summed E-state index contributed by atoms with van der Waals surface area (Å²) in [6.45, 7) is 0.360. The van der Waals surface area contributed by atoms with E-state index in [4.69, 9.17) is 4.42 Å². The third-order valence-corrected chi connectivity index (χ3v) is 6.81. The molecular weight excluding hydrogens is 452 g/mol. The highest BCUT2D eigenvalue weighted by Crippen LogP contribution is 2.28. The molecule has 6 nitrogen and oxygen atoms in total. The van der Waals surface area contributed by atoms with E-state index in [0.29, 0.717) is 34.1 Å². The molecule has 0 fully saturated rings. The molecule has 0 radical (unpaired) electrons. The van der Waals surface area contributed by atoms with Gasteiger partial charge in [-0.2, -0.15) is 5.10 Å². The summed E-state index contributed by atoms with van der Waals surface area (Å²) in [5, 5.41) is 14.8. The molecule has 5 aromatic rings. The standard InChI is InChI=1S/C25H20N4O2S2/c1-32-19-13-11-18(12-14-19)16-33-25-27-26-23(31-25)22-20-9-5-6-10-21(20)24(30)29(28-22)15-17-7-3-2-4-8-17/h2-14H,15-16H2,1H3. The van der Waals surface area contributed by atoms with E-state index in [1.165, 1.54) is 26.9 Å². The van der Waals surface area contributed by atoms with E-state index in [9.17, 15) is 4.79 Å². The summed E-state index contributed by atoms with van der Waals surface area (Å²) in [5.74, 6) is 1.02. The van der Waals surface area contributed by atoms with Gasteiger partial charge in [0.1, 0.15) is 0 Å². The van der Waals surface area contributed by atoms with Crippen LogP contribution in [-0.4, -0.2) is 26.2 Å². The predicted octanol–water partition coefficient (Wildman–Crippen LogP) is 5.51. The van der Waals surface area contributed by atoms with Crippen LogP contribution >= 0.6 is 23.5 Å². The minimum Gasteiger partial charge on any atom is -0.409 e. The van der Waals surface area contributed by atoms with Crippen molar-refractivity contribution in [3.05, 3.63) is 100 Å². The summed E-state index contributed by atoms with van der Waals surface area (Å²) in [5.41, 5.74) is 2.52. The highest BCUT2D eigenvalue weighted by Gasteiger charge is 2.18. The fraction of sp³-hybridized carbons (Fsp3) is 0.120. The van der Waals surface area contributed by atoms with Gasteiger partial charge < -0.3 is 4.42 Å². The van der Waals surface area contributed by atoms with Crippen LogP contribution < -0.4 is 5.56 Å². The largest absolute Gasteiger partial charge is 0.409 e. The van der Waals surface area contributed by atoms with Crippen LogP contribution in [0.15, 0.2) is 98.2 Å². The molecule has 33 heavy (non-hydrogen) atoms. The Hall–Kier alpha value is -3.36. The summed E-state index contributed by atoms with van der Waals surface area (Å²) < 4.78 is 7.40. The summed E-state index contributed by atoms with van der Waals surface area (Å²) in [4.78, 5) is 14.3. The monoisotopic (exact) mass is 472 g/mol. The van der Waals surface area contributed by atoms with Gasteiger partial charge in [-0.25, -0.2) is 4.68 Å². The van der Waals surface area contributed by atoms with Crippen LogP contribution in [0.1, 0.15) is 11.1 Å². The Kier molecular flexibility index (Phi) is 6.28. The Morgan fingerprint density at radius 1 is 0.848 bits per heavy atom. The molecule has 3 aromatic carbocycles. The van der Waals surface area contributed by atoms with Crippen molar-refractivity contribution < 1.29 is 4.42 Å². The fourth-order valence-corrected chi connectivity index (χ4v) is 4.61. The molecule has 164 valence electrons. The zero-order valence-corrected chi connectivity index (χ0v) is 19.5. The van der Waals surface area contributed by atoms with Crippen molar-refractivity contribution in [1.82, 2.24) is 20.0 Å². The molecule has 0 aliphatic carbocycles. The summed E-state index contributed by atoms with van der Waals surface area (Å²) in [6, 6.07) is 25.6. The van der Waals surface area contributed by atoms with Crippen LogP contribution in [0.2, 0.25) is 0 Å². The molecule has 2 heterocycles. The molecule has 5 rings (SSSR count). The van der Waals surface area contributed by atoms with Crippen LogP contribution in [0.25, 0.3) is 22.4 Å². The van der Waals surface area contributed by atoms with Crippen LogP contribution in [0.3, 0.4) is 0 Å². The number of benzene rings is 3. The van der Waals surface area contributed by atoms with Gasteiger partial charge in [-0.05, 0) is 35.6 Å². The number of thioether (sulfide) groups is 2. The summed E-state index contributed by atoms with van der Waals surface area (Å²) in [6.07, 6.45) is 2.06. The minimum absolute atomic E-state index is 0.152. The molecule has 0 unspecified atom stereocenters. The molecule has 2 aromatic heterocycles. The first-order chi connectivity index (χ1) is 16.2. The van der Waals surface area contributed by atoms with E-state index < -0.39 is 0 Å². The van der Waals surface area contributed by atoms with Gasteiger partial charge in [0.05, 0.1) is 11.9 Å². The quantitative estimate of drug-likeness (QED) is 0.289. The maximum absolute atomic E-state index is 13.1. The highest BCUT2D eigenvalue weighted by molar-refractivity contribution is 7.98. The Labute approximate surface area is 199 Å². The van der Waals surface area contributed by atoms with Crippen LogP contribution in [-0.2, 0) is 12.3 Å². The number of aromatic nitrogens is 4. The average molecular weight is 473 g/mol. The number of rotatable bonds is 7. The average Bonchev–Trinajstić information content (AvgIpc) is 3.34. The number of nitrogens with zero attached hydrogens (tertiary/aromatic N) is 4. The zero-order valence-electron chi connectivity index (χ0n) is 17.8. The van der Waals surface area contributed by atoms with E-state index >= 15 is 0 Å². The molecule has 0 saturated heterocycles. The maximum atomic E-state index is 13.1. The van der Waals surface area contributed by atoms with Crippen LogP contribution in [0.4, 0.5) is 0 Å². The van der Waals surface area contributed by atoms with Crippen LogP contribution in [0.5, 0.6) is 0 Å². The van der Waals surface area contributed by atoms with Crippen LogP contribution in [0, 0.1) is 0 Å². The van der Waals surface area contributed by atoms with Crippen molar-refractivity contribution in [2.45, 2.75) is 22.4 Å². The Morgan fingerprint density at radius 3 is 2.33 bits per heavy atom. The second kappa shape index (κ2) is 9.64. The first-order valence-corrected chi connectivity index (χ1v) is 12.6. The predicted molar refractivity (Wildman–Crippen MR) is 133 cm³/mol. The smallest absolute Gasteiger partial charge is 0.277 e. The lowest BCUT2D eigenvalue weighted by Gasteiger charge is -2.09. The molecule has 8 heteroatoms. The van der Waals surface area contributed by atoms with Crippen molar-refractivity contribution in [3.63, 3.8) is 0 Å². The third-order valence-electron chi connectivity index (χ3n) is 5.17. The molecule has 0 amide bonds. The maximum Gasteiger partial charge on any atom is 0.277 e. The molecule has 0 bridgehead atoms. The Balaban J connectivity index is 1.46. The van der Waals surface area contributed by atoms with Crippen molar-refractivity contribution in [2.75, 3.05) is 6.26 Å². The molecular formula is C25H20N4O2S2. The Bertz CT molecular complexity index is 1450. The molecule has 0 N–H and O–H groups in total. The normalized spacial score (nSPS) is 11.2. The first kappa shape index (κ1) is 21.5. The van der Waals surface area contributed by atoms with E-state index in [-0.39, 0.29) is 5.56 Å². The minimum atomic E-state index is -0.152. The second-order valence-corrected chi connectivity index (χ2v) is 9.16. The van der Waals surface area contributed by atoms with Gasteiger partial charge in [0.2, 0.25) is 0 Å². The lowest BCUT2D eigenvalue weighted by atomic mass is 10.1. The van der Waals surface area contributed by atoms with Gasteiger partial charge in [-0.3, -0.25) is 4.79 Å². The van der Waals surface area contributed by atoms with Crippen molar-refractivity contribution in [1.29, 1.82) is 0 Å². The van der Waals surface area contributed by atoms with E-state index in [2.05, 4.69) is 45.8 Å². The fourth-order valence-electron chi connectivity index (χ4n) is 3.49. The molecule has 0 aliphatic heterocycles. The Morgan fingerprint density at radius 2 is 1.58 bits per heavy atom. The molecule has 0 aliphatic rings. The molecule has 0 atom stereocenters. The number of fused-ring (bicyclic) bond motifs is 1. The van der Waals surface area contributed by atoms with E-state index in [1.807, 2.05) is 48.5 Å². The summed E-state index contributed by atoms with van der Waals surface area (Å²) >= 11 is 3.19. The highest BCUT2D eigenvalue weighted by atomic mass is 32.2. The first-order valence-electron chi connectivity index (χ1n) is 10.3. The molecule has 0 spiro atoms. The van der Waals surface area contributed by atoms with Gasteiger partial charge in [0.15, 0.2) is 5.69 Å². The molecule has 0 saturated carbocycles. The lowest BCUT2D eigenvalue weighted by Crippen LogP contribution is -2.24. The van der Waals surface area contributed by atoms with Gasteiger partial charge in [0.25, 0.3) is 16.7 Å². The zero-order chi connectivity index (χ0) is 22.6. The lowest BCUT2D eigenvalue weighted by molar-refractivity contribution is 0.462. The topological polar surface area (TPSA) is 73.8 Å². The van der Waals surface area contributed by atoms with E-state index in [1.54, 1.807) is 17.8 Å². The SMILES string of the molecule is CSc1ccc(CSc2nnc(-c3nn(Cc4ccccc4)c(=O)c4ccccc34)o2)cc1. The number of hydrogen-bond acceptors (Lipinski definition) is 7. The van der Waals surface area contributed by atoms with Crippen molar-refractivity contribution in [3.8, 4) is 11.6 Å². The summed E-state index contributed by atoms with van der Waals surface area (Å²) in [7, 11) is 0. The van der Waals surface area contributed by atoms with Gasteiger partial charge in [-0.1, -0.05) is 72.4 Å². The van der Waals surface area contributed by atoms with Gasteiger partial charge >= 0.3 is 0 Å².